The second kappa shape index (κ2) is 8.19. The third-order valence-corrected chi connectivity index (χ3v) is 6.25. The number of nitrogens with one attached hydrogen (secondary N) is 1. The molecule has 0 radical (unpaired) electrons. The van der Waals surface area contributed by atoms with Gasteiger partial charge >= 0.3 is 0 Å². The molecular formula is C25H26ClNO3. The van der Waals surface area contributed by atoms with Crippen LogP contribution in [-0.4, -0.2) is 13.0 Å². The molecule has 1 aromatic heterocycles. The standard InChI is InChI=1S/C25H26ClNO3/c1-14-9-10-17(12-21(14)26)27-23(28)11-15(2)19-13-20-18-7-5-6-8-22(18)30-25(20)16(3)24(19)29-4/h9-13H,5-8H2,1-4H3,(H,27,28)/b15-11+. The lowest BCUT2D eigenvalue weighted by atomic mass is 9.93. The smallest absolute Gasteiger partial charge is 0.248 e. The van der Waals surface area contributed by atoms with Gasteiger partial charge in [-0.15, -0.1) is 0 Å². The van der Waals surface area contributed by atoms with E-state index < -0.39 is 0 Å². The van der Waals surface area contributed by atoms with Gasteiger partial charge in [-0.1, -0.05) is 17.7 Å². The van der Waals surface area contributed by atoms with Crippen molar-refractivity contribution in [3.05, 3.63) is 63.4 Å². The van der Waals surface area contributed by atoms with Crippen molar-refractivity contribution >= 4 is 39.7 Å². The van der Waals surface area contributed by atoms with Crippen molar-refractivity contribution in [3.8, 4) is 5.75 Å². The van der Waals surface area contributed by atoms with E-state index in [4.69, 9.17) is 20.8 Å². The number of hydrogen-bond donors (Lipinski definition) is 1. The van der Waals surface area contributed by atoms with Gasteiger partial charge in [0, 0.05) is 45.3 Å². The fourth-order valence-corrected chi connectivity index (χ4v) is 4.40. The summed E-state index contributed by atoms with van der Waals surface area (Å²) in [6.45, 7) is 5.87. The molecule has 156 valence electrons. The number of hydrogen-bond acceptors (Lipinski definition) is 3. The highest BCUT2D eigenvalue weighted by Crippen LogP contribution is 2.41. The fraction of sp³-hybridized carbons (Fsp3) is 0.320. The van der Waals surface area contributed by atoms with E-state index in [-0.39, 0.29) is 5.91 Å². The molecule has 1 heterocycles. The maximum atomic E-state index is 12.6. The Bertz CT molecular complexity index is 1170. The average molecular weight is 424 g/mol. The minimum absolute atomic E-state index is 0.207. The van der Waals surface area contributed by atoms with Gasteiger partial charge < -0.3 is 14.5 Å². The highest BCUT2D eigenvalue weighted by molar-refractivity contribution is 6.31. The molecule has 0 fully saturated rings. The molecule has 0 bridgehead atoms. The average Bonchev–Trinajstić information content (AvgIpc) is 3.09. The van der Waals surface area contributed by atoms with Gasteiger partial charge in [0.15, 0.2) is 0 Å². The summed E-state index contributed by atoms with van der Waals surface area (Å²) < 4.78 is 11.9. The summed E-state index contributed by atoms with van der Waals surface area (Å²) in [4.78, 5) is 12.6. The molecular weight excluding hydrogens is 398 g/mol. The number of allylic oxidation sites excluding steroid dienone is 1. The highest BCUT2D eigenvalue weighted by atomic mass is 35.5. The van der Waals surface area contributed by atoms with Gasteiger partial charge in [-0.05, 0) is 69.4 Å². The largest absolute Gasteiger partial charge is 0.496 e. The normalized spacial score (nSPS) is 14.0. The Hall–Kier alpha value is -2.72. The highest BCUT2D eigenvalue weighted by Gasteiger charge is 2.23. The van der Waals surface area contributed by atoms with Gasteiger partial charge in [-0.2, -0.15) is 0 Å². The molecule has 0 unspecified atom stereocenters. The number of carbonyl (C=O) groups excluding carboxylic acids is 1. The number of aryl methyl sites for hydroxylation is 4. The zero-order valence-electron chi connectivity index (χ0n) is 17.8. The maximum Gasteiger partial charge on any atom is 0.248 e. The fourth-order valence-electron chi connectivity index (χ4n) is 4.22. The van der Waals surface area contributed by atoms with Crippen LogP contribution in [0.3, 0.4) is 0 Å². The minimum atomic E-state index is -0.207. The molecule has 30 heavy (non-hydrogen) atoms. The molecule has 0 atom stereocenters. The van der Waals surface area contributed by atoms with E-state index in [9.17, 15) is 4.79 Å². The molecule has 0 spiro atoms. The van der Waals surface area contributed by atoms with Crippen LogP contribution in [0.15, 0.2) is 34.8 Å². The zero-order chi connectivity index (χ0) is 21.4. The lowest BCUT2D eigenvalue weighted by Gasteiger charge is -2.14. The van der Waals surface area contributed by atoms with Crippen LogP contribution in [0.1, 0.15) is 47.8 Å². The van der Waals surface area contributed by atoms with Crippen molar-refractivity contribution in [2.75, 3.05) is 12.4 Å². The van der Waals surface area contributed by atoms with Crippen LogP contribution in [0, 0.1) is 13.8 Å². The van der Waals surface area contributed by atoms with Gasteiger partial charge in [0.1, 0.15) is 17.1 Å². The first-order valence-electron chi connectivity index (χ1n) is 10.3. The molecule has 4 nitrogen and oxygen atoms in total. The monoisotopic (exact) mass is 423 g/mol. The van der Waals surface area contributed by atoms with Crippen molar-refractivity contribution < 1.29 is 13.9 Å². The second-order valence-corrected chi connectivity index (χ2v) is 8.36. The van der Waals surface area contributed by atoms with Crippen molar-refractivity contribution in [1.29, 1.82) is 0 Å². The molecule has 3 aromatic rings. The van der Waals surface area contributed by atoms with Crippen LogP contribution >= 0.6 is 11.6 Å². The van der Waals surface area contributed by atoms with Crippen LogP contribution in [0.5, 0.6) is 5.75 Å². The maximum absolute atomic E-state index is 12.6. The number of ether oxygens (including phenoxy) is 1. The summed E-state index contributed by atoms with van der Waals surface area (Å²) in [6.07, 6.45) is 5.96. The molecule has 4 rings (SSSR count). The molecule has 0 aliphatic heterocycles. The molecule has 0 saturated carbocycles. The first-order valence-corrected chi connectivity index (χ1v) is 10.6. The topological polar surface area (TPSA) is 51.5 Å². The number of anilines is 1. The van der Waals surface area contributed by atoms with Crippen molar-refractivity contribution in [2.24, 2.45) is 0 Å². The number of amides is 1. The van der Waals surface area contributed by atoms with E-state index in [1.54, 1.807) is 19.3 Å². The lowest BCUT2D eigenvalue weighted by molar-refractivity contribution is -0.111. The van der Waals surface area contributed by atoms with Crippen molar-refractivity contribution in [2.45, 2.75) is 46.5 Å². The molecule has 1 aliphatic carbocycles. The molecule has 1 amide bonds. The van der Waals surface area contributed by atoms with E-state index in [1.807, 2.05) is 32.9 Å². The minimum Gasteiger partial charge on any atom is -0.496 e. The van der Waals surface area contributed by atoms with E-state index in [1.165, 1.54) is 12.0 Å². The molecule has 2 aromatic carbocycles. The number of furan rings is 1. The molecule has 0 saturated heterocycles. The Labute approximate surface area is 181 Å². The number of methoxy groups -OCH3 is 1. The van der Waals surface area contributed by atoms with Gasteiger partial charge in [0.2, 0.25) is 5.91 Å². The quantitative estimate of drug-likeness (QED) is 0.479. The molecule has 1 N–H and O–H groups in total. The van der Waals surface area contributed by atoms with E-state index >= 15 is 0 Å². The predicted molar refractivity (Wildman–Crippen MR) is 123 cm³/mol. The van der Waals surface area contributed by atoms with E-state index in [2.05, 4.69) is 11.4 Å². The Morgan fingerprint density at radius 3 is 2.70 bits per heavy atom. The van der Waals surface area contributed by atoms with Crippen LogP contribution in [0.2, 0.25) is 5.02 Å². The Morgan fingerprint density at radius 1 is 1.20 bits per heavy atom. The van der Waals surface area contributed by atoms with Crippen molar-refractivity contribution in [1.82, 2.24) is 0 Å². The van der Waals surface area contributed by atoms with Crippen LogP contribution in [0.4, 0.5) is 5.69 Å². The number of rotatable bonds is 4. The summed E-state index contributed by atoms with van der Waals surface area (Å²) >= 11 is 6.17. The van der Waals surface area contributed by atoms with Gasteiger partial charge in [0.05, 0.1) is 7.11 Å². The predicted octanol–water partition coefficient (Wildman–Crippen LogP) is 6.63. The van der Waals surface area contributed by atoms with Crippen LogP contribution in [0.25, 0.3) is 16.5 Å². The SMILES string of the molecule is COc1c(/C(C)=C/C(=O)Nc2ccc(C)c(Cl)c2)cc2c3c(oc2c1C)CCCC3. The third kappa shape index (κ3) is 3.72. The summed E-state index contributed by atoms with van der Waals surface area (Å²) in [5, 5.41) is 4.65. The lowest BCUT2D eigenvalue weighted by Crippen LogP contribution is -2.09. The summed E-state index contributed by atoms with van der Waals surface area (Å²) in [5.41, 5.74) is 6.55. The Kier molecular flexibility index (Phi) is 5.61. The zero-order valence-corrected chi connectivity index (χ0v) is 18.6. The third-order valence-electron chi connectivity index (χ3n) is 5.84. The van der Waals surface area contributed by atoms with Gasteiger partial charge in [0.25, 0.3) is 0 Å². The van der Waals surface area contributed by atoms with Gasteiger partial charge in [-0.25, -0.2) is 0 Å². The van der Waals surface area contributed by atoms with E-state index in [0.29, 0.717) is 10.7 Å². The van der Waals surface area contributed by atoms with E-state index in [0.717, 1.165) is 64.0 Å². The Balaban J connectivity index is 1.71. The summed E-state index contributed by atoms with van der Waals surface area (Å²) in [5.74, 6) is 1.63. The van der Waals surface area contributed by atoms with Crippen LogP contribution < -0.4 is 10.1 Å². The van der Waals surface area contributed by atoms with Crippen LogP contribution in [-0.2, 0) is 17.6 Å². The molecule has 1 aliphatic rings. The number of halogens is 1. The number of benzene rings is 2. The number of carbonyl (C=O) groups is 1. The van der Waals surface area contributed by atoms with Gasteiger partial charge in [-0.3, -0.25) is 4.79 Å². The first-order chi connectivity index (χ1) is 14.4. The first kappa shape index (κ1) is 20.5. The number of fused-ring (bicyclic) bond motifs is 3. The van der Waals surface area contributed by atoms with Crippen molar-refractivity contribution in [3.63, 3.8) is 0 Å². The summed E-state index contributed by atoms with van der Waals surface area (Å²) in [6, 6.07) is 7.59. The second-order valence-electron chi connectivity index (χ2n) is 7.95. The molecule has 5 heteroatoms. The summed E-state index contributed by atoms with van der Waals surface area (Å²) in [7, 11) is 1.65. The Morgan fingerprint density at radius 2 is 1.97 bits per heavy atom.